The SMILES string of the molecule is NC[C@@H]1CCCN(Cc2cnc(Cl)nc2Cl)C1. The lowest BCUT2D eigenvalue weighted by molar-refractivity contribution is 0.171. The second-order valence-corrected chi connectivity index (χ2v) is 5.13. The summed E-state index contributed by atoms with van der Waals surface area (Å²) < 4.78 is 0. The molecule has 1 atom stereocenters. The number of rotatable bonds is 3. The Balaban J connectivity index is 2.00. The van der Waals surface area contributed by atoms with E-state index in [9.17, 15) is 0 Å². The third-order valence-corrected chi connectivity index (χ3v) is 3.62. The van der Waals surface area contributed by atoms with Gasteiger partial charge in [-0.25, -0.2) is 9.97 Å². The Morgan fingerprint density at radius 3 is 3.00 bits per heavy atom. The summed E-state index contributed by atoms with van der Waals surface area (Å²) in [5, 5.41) is 0.636. The van der Waals surface area contributed by atoms with Crippen molar-refractivity contribution in [2.45, 2.75) is 19.4 Å². The molecule has 6 heteroatoms. The van der Waals surface area contributed by atoms with Crippen molar-refractivity contribution < 1.29 is 0 Å². The zero-order valence-electron chi connectivity index (χ0n) is 9.57. The van der Waals surface area contributed by atoms with Crippen molar-refractivity contribution in [3.8, 4) is 0 Å². The predicted octanol–water partition coefficient (Wildman–Crippen LogP) is 1.95. The number of nitrogens with zero attached hydrogens (tertiary/aromatic N) is 3. The van der Waals surface area contributed by atoms with Gasteiger partial charge in [0.2, 0.25) is 5.28 Å². The van der Waals surface area contributed by atoms with Gasteiger partial charge in [-0.2, -0.15) is 0 Å². The number of piperidine rings is 1. The third-order valence-electron chi connectivity index (χ3n) is 3.11. The lowest BCUT2D eigenvalue weighted by Gasteiger charge is -2.32. The average Bonchev–Trinajstić information content (AvgIpc) is 2.33. The first-order valence-corrected chi connectivity index (χ1v) is 6.54. The standard InChI is InChI=1S/C11H16Cl2N4/c12-10-9(5-15-11(13)16-10)7-17-3-1-2-8(4-14)6-17/h5,8H,1-4,6-7,14H2/t8-/m0/s1. The quantitative estimate of drug-likeness (QED) is 0.676. The van der Waals surface area contributed by atoms with E-state index in [-0.39, 0.29) is 5.28 Å². The summed E-state index contributed by atoms with van der Waals surface area (Å²) in [7, 11) is 0. The molecule has 0 spiro atoms. The maximum absolute atomic E-state index is 6.03. The van der Waals surface area contributed by atoms with Gasteiger partial charge in [-0.05, 0) is 43.5 Å². The van der Waals surface area contributed by atoms with Crippen molar-refractivity contribution in [1.29, 1.82) is 0 Å². The van der Waals surface area contributed by atoms with Gasteiger partial charge in [0, 0.05) is 24.8 Å². The second kappa shape index (κ2) is 5.96. The van der Waals surface area contributed by atoms with Gasteiger partial charge in [0.15, 0.2) is 0 Å². The lowest BCUT2D eigenvalue weighted by atomic mass is 9.98. The highest BCUT2D eigenvalue weighted by Gasteiger charge is 2.19. The van der Waals surface area contributed by atoms with E-state index in [0.29, 0.717) is 11.1 Å². The highest BCUT2D eigenvalue weighted by Crippen LogP contribution is 2.20. The molecular formula is C11H16Cl2N4. The zero-order chi connectivity index (χ0) is 12.3. The van der Waals surface area contributed by atoms with Crippen LogP contribution in [0.25, 0.3) is 0 Å². The van der Waals surface area contributed by atoms with Gasteiger partial charge in [-0.3, -0.25) is 4.90 Å². The summed E-state index contributed by atoms with van der Waals surface area (Å²) in [5.74, 6) is 0.593. The Morgan fingerprint density at radius 2 is 2.29 bits per heavy atom. The Kier molecular flexibility index (Phi) is 4.56. The third kappa shape index (κ3) is 3.52. The van der Waals surface area contributed by atoms with Crippen LogP contribution in [0.5, 0.6) is 0 Å². The fraction of sp³-hybridized carbons (Fsp3) is 0.636. The number of likely N-dealkylation sites (tertiary alicyclic amines) is 1. The van der Waals surface area contributed by atoms with Crippen LogP contribution in [0.2, 0.25) is 10.4 Å². The van der Waals surface area contributed by atoms with Crippen molar-refractivity contribution in [2.75, 3.05) is 19.6 Å². The van der Waals surface area contributed by atoms with E-state index in [2.05, 4.69) is 14.9 Å². The van der Waals surface area contributed by atoms with Crippen molar-refractivity contribution >= 4 is 23.2 Å². The molecule has 0 aromatic carbocycles. The largest absolute Gasteiger partial charge is 0.330 e. The number of halogens is 2. The minimum Gasteiger partial charge on any atom is -0.330 e. The van der Waals surface area contributed by atoms with Crippen LogP contribution in [0.3, 0.4) is 0 Å². The molecule has 94 valence electrons. The number of hydrogen-bond donors (Lipinski definition) is 1. The van der Waals surface area contributed by atoms with Gasteiger partial charge >= 0.3 is 0 Å². The van der Waals surface area contributed by atoms with Crippen molar-refractivity contribution in [3.05, 3.63) is 22.2 Å². The Hall–Kier alpha value is -0.420. The monoisotopic (exact) mass is 274 g/mol. The van der Waals surface area contributed by atoms with E-state index in [1.54, 1.807) is 6.20 Å². The molecule has 0 unspecified atom stereocenters. The molecule has 1 aliphatic heterocycles. The van der Waals surface area contributed by atoms with Crippen molar-refractivity contribution in [3.63, 3.8) is 0 Å². The van der Waals surface area contributed by atoms with E-state index in [0.717, 1.165) is 31.7 Å². The molecule has 0 saturated carbocycles. The first-order chi connectivity index (χ1) is 8.19. The van der Waals surface area contributed by atoms with Gasteiger partial charge < -0.3 is 5.73 Å². The minimum atomic E-state index is 0.192. The summed E-state index contributed by atoms with van der Waals surface area (Å²) in [6.07, 6.45) is 4.11. The minimum absolute atomic E-state index is 0.192. The molecule has 0 aliphatic carbocycles. The molecule has 1 aromatic rings. The van der Waals surface area contributed by atoms with Crippen LogP contribution < -0.4 is 5.73 Å². The van der Waals surface area contributed by atoms with E-state index in [4.69, 9.17) is 28.9 Å². The highest BCUT2D eigenvalue weighted by atomic mass is 35.5. The van der Waals surface area contributed by atoms with Crippen molar-refractivity contribution in [2.24, 2.45) is 11.7 Å². The summed E-state index contributed by atoms with van der Waals surface area (Å²) in [5.41, 5.74) is 6.64. The smallest absolute Gasteiger partial charge is 0.223 e. The average molecular weight is 275 g/mol. The highest BCUT2D eigenvalue weighted by molar-refractivity contribution is 6.32. The number of nitrogens with two attached hydrogens (primary N) is 1. The van der Waals surface area contributed by atoms with Crippen LogP contribution >= 0.6 is 23.2 Å². The number of aromatic nitrogens is 2. The first kappa shape index (κ1) is 13.0. The van der Waals surface area contributed by atoms with Gasteiger partial charge in [-0.1, -0.05) is 11.6 Å². The first-order valence-electron chi connectivity index (χ1n) is 5.78. The fourth-order valence-electron chi connectivity index (χ4n) is 2.20. The molecule has 0 radical (unpaired) electrons. The van der Waals surface area contributed by atoms with Gasteiger partial charge in [0.1, 0.15) is 5.15 Å². The van der Waals surface area contributed by atoms with Gasteiger partial charge in [0.05, 0.1) is 0 Å². The van der Waals surface area contributed by atoms with Crippen LogP contribution in [0.15, 0.2) is 6.20 Å². The van der Waals surface area contributed by atoms with Crippen LogP contribution in [0.1, 0.15) is 18.4 Å². The molecule has 4 nitrogen and oxygen atoms in total. The maximum atomic E-state index is 6.03. The van der Waals surface area contributed by atoms with E-state index in [1.165, 1.54) is 12.8 Å². The molecule has 2 heterocycles. The Labute approximate surface area is 111 Å². The van der Waals surface area contributed by atoms with E-state index < -0.39 is 0 Å². The molecule has 1 aromatic heterocycles. The van der Waals surface area contributed by atoms with Gasteiger partial charge in [0.25, 0.3) is 0 Å². The van der Waals surface area contributed by atoms with E-state index in [1.807, 2.05) is 0 Å². The molecular weight excluding hydrogens is 259 g/mol. The van der Waals surface area contributed by atoms with E-state index >= 15 is 0 Å². The maximum Gasteiger partial charge on any atom is 0.223 e. The van der Waals surface area contributed by atoms with Crippen LogP contribution in [0.4, 0.5) is 0 Å². The number of hydrogen-bond acceptors (Lipinski definition) is 4. The molecule has 0 amide bonds. The van der Waals surface area contributed by atoms with Crippen LogP contribution in [-0.4, -0.2) is 34.5 Å². The normalized spacial score (nSPS) is 21.7. The summed E-state index contributed by atoms with van der Waals surface area (Å²) in [6, 6.07) is 0. The Bertz CT molecular complexity index is 386. The summed E-state index contributed by atoms with van der Waals surface area (Å²) in [6.45, 7) is 3.62. The molecule has 1 saturated heterocycles. The molecule has 2 rings (SSSR count). The summed E-state index contributed by atoms with van der Waals surface area (Å²) in [4.78, 5) is 10.3. The van der Waals surface area contributed by atoms with Crippen LogP contribution in [0, 0.1) is 5.92 Å². The predicted molar refractivity (Wildman–Crippen MR) is 69.1 cm³/mol. The zero-order valence-corrected chi connectivity index (χ0v) is 11.1. The molecule has 0 bridgehead atoms. The topological polar surface area (TPSA) is 55.0 Å². The Morgan fingerprint density at radius 1 is 1.47 bits per heavy atom. The molecule has 17 heavy (non-hydrogen) atoms. The second-order valence-electron chi connectivity index (χ2n) is 4.43. The summed E-state index contributed by atoms with van der Waals surface area (Å²) >= 11 is 11.7. The molecule has 1 aliphatic rings. The molecule has 2 N–H and O–H groups in total. The van der Waals surface area contributed by atoms with Crippen LogP contribution in [-0.2, 0) is 6.54 Å². The van der Waals surface area contributed by atoms with Crippen molar-refractivity contribution in [1.82, 2.24) is 14.9 Å². The van der Waals surface area contributed by atoms with Gasteiger partial charge in [-0.15, -0.1) is 0 Å². The molecule has 1 fully saturated rings. The fourth-order valence-corrected chi connectivity index (χ4v) is 2.57. The lowest BCUT2D eigenvalue weighted by Crippen LogP contribution is -2.37.